The third-order valence-electron chi connectivity index (χ3n) is 10.4. The fourth-order valence-corrected chi connectivity index (χ4v) is 7.58. The summed E-state index contributed by atoms with van der Waals surface area (Å²) in [4.78, 5) is 67.6. The molecule has 58 heavy (non-hydrogen) atoms. The van der Waals surface area contributed by atoms with E-state index in [-0.39, 0.29) is 72.4 Å². The predicted molar refractivity (Wildman–Crippen MR) is 196 cm³/mol. The zero-order chi connectivity index (χ0) is 43.0. The molecular weight excluding hydrogens is 778 g/mol. The Morgan fingerprint density at radius 3 is 1.28 bits per heavy atom. The van der Waals surface area contributed by atoms with Gasteiger partial charge in [0.15, 0.2) is 11.4 Å². The van der Waals surface area contributed by atoms with Crippen molar-refractivity contribution in [1.29, 1.82) is 0 Å². The third-order valence-corrected chi connectivity index (χ3v) is 10.4. The number of carbonyl (C=O) groups is 4. The van der Waals surface area contributed by atoms with Crippen LogP contribution in [0.15, 0.2) is 24.3 Å². The summed E-state index contributed by atoms with van der Waals surface area (Å²) in [5, 5.41) is 4.99. The molecule has 5 rings (SSSR count). The first-order chi connectivity index (χ1) is 27.0. The molecule has 0 aliphatic carbocycles. The summed E-state index contributed by atoms with van der Waals surface area (Å²) in [6.45, 7) is 10.8. The van der Waals surface area contributed by atoms with Crippen LogP contribution in [0.25, 0.3) is 22.5 Å². The first-order valence-electron chi connectivity index (χ1n) is 18.8. The molecule has 1 aromatic carbocycles. The average Bonchev–Trinajstić information content (AvgIpc) is 3.96. The van der Waals surface area contributed by atoms with Gasteiger partial charge in [0.1, 0.15) is 23.7 Å². The van der Waals surface area contributed by atoms with Gasteiger partial charge in [0.05, 0.1) is 37.7 Å². The molecular formula is C38H48F6N8O6. The Labute approximate surface area is 330 Å². The summed E-state index contributed by atoms with van der Waals surface area (Å²) in [5.41, 5.74) is -3.56. The van der Waals surface area contributed by atoms with E-state index in [0.717, 1.165) is 14.2 Å². The molecule has 0 unspecified atom stereocenters. The van der Waals surface area contributed by atoms with Crippen molar-refractivity contribution in [2.75, 3.05) is 27.3 Å². The molecule has 4 heterocycles. The van der Waals surface area contributed by atoms with Crippen molar-refractivity contribution in [3.05, 3.63) is 47.3 Å². The summed E-state index contributed by atoms with van der Waals surface area (Å²) in [6, 6.07) is 0.992. The topological polar surface area (TPSA) is 175 Å². The highest BCUT2D eigenvalue weighted by molar-refractivity contribution is 5.87. The van der Waals surface area contributed by atoms with Crippen LogP contribution in [0.4, 0.5) is 35.9 Å². The number of imidazole rings is 2. The van der Waals surface area contributed by atoms with Crippen LogP contribution in [0.2, 0.25) is 0 Å². The van der Waals surface area contributed by atoms with Crippen molar-refractivity contribution in [1.82, 2.24) is 40.4 Å². The lowest BCUT2D eigenvalue weighted by Crippen LogP contribution is -2.51. The van der Waals surface area contributed by atoms with Crippen molar-refractivity contribution in [2.45, 2.75) is 90.9 Å². The maximum atomic E-state index is 14.5. The van der Waals surface area contributed by atoms with Crippen LogP contribution in [0.3, 0.4) is 0 Å². The van der Waals surface area contributed by atoms with E-state index >= 15 is 0 Å². The van der Waals surface area contributed by atoms with Gasteiger partial charge in [-0.2, -0.15) is 26.3 Å². The lowest BCUT2D eigenvalue weighted by molar-refractivity contribution is -0.141. The van der Waals surface area contributed by atoms with Crippen molar-refractivity contribution in [3.63, 3.8) is 0 Å². The van der Waals surface area contributed by atoms with E-state index in [1.54, 1.807) is 27.7 Å². The van der Waals surface area contributed by atoms with Crippen LogP contribution < -0.4 is 10.6 Å². The van der Waals surface area contributed by atoms with E-state index in [4.69, 9.17) is 0 Å². The number of likely N-dealkylation sites (tertiary alicyclic amines) is 2. The van der Waals surface area contributed by atoms with Crippen molar-refractivity contribution >= 4 is 24.0 Å². The summed E-state index contributed by atoms with van der Waals surface area (Å²) in [5.74, 6) is -2.38. The molecule has 14 nitrogen and oxygen atoms in total. The van der Waals surface area contributed by atoms with Gasteiger partial charge in [-0.3, -0.25) is 9.59 Å². The van der Waals surface area contributed by atoms with E-state index in [0.29, 0.717) is 0 Å². The van der Waals surface area contributed by atoms with Crippen molar-refractivity contribution in [3.8, 4) is 22.5 Å². The average molecular weight is 827 g/mol. The number of amides is 4. The number of benzene rings is 1. The predicted octanol–water partition coefficient (Wildman–Crippen LogP) is 7.08. The first-order valence-corrected chi connectivity index (χ1v) is 18.8. The molecule has 318 valence electrons. The molecule has 2 aliphatic rings. The Morgan fingerprint density at radius 2 is 1.00 bits per heavy atom. The molecule has 20 heteroatoms. The Hall–Kier alpha value is -5.30. The number of aromatic nitrogens is 4. The highest BCUT2D eigenvalue weighted by atomic mass is 19.4. The van der Waals surface area contributed by atoms with E-state index in [1.807, 2.05) is 13.8 Å². The van der Waals surface area contributed by atoms with Gasteiger partial charge in [0.2, 0.25) is 11.8 Å². The summed E-state index contributed by atoms with van der Waals surface area (Å²) >= 11 is 0. The number of carbonyl (C=O) groups excluding carboxylic acids is 4. The summed E-state index contributed by atoms with van der Waals surface area (Å²) < 4.78 is 96.5. The summed E-state index contributed by atoms with van der Waals surface area (Å²) in [7, 11) is 2.28. The van der Waals surface area contributed by atoms with Gasteiger partial charge in [-0.25, -0.2) is 19.6 Å². The van der Waals surface area contributed by atoms with Gasteiger partial charge in [0.25, 0.3) is 0 Å². The minimum Gasteiger partial charge on any atom is -0.453 e. The maximum Gasteiger partial charge on any atom is 0.435 e. The molecule has 6 atom stereocenters. The van der Waals surface area contributed by atoms with Crippen LogP contribution >= 0.6 is 0 Å². The van der Waals surface area contributed by atoms with E-state index in [9.17, 15) is 45.5 Å². The number of hydrogen-bond acceptors (Lipinski definition) is 8. The molecule has 4 amide bonds. The highest BCUT2D eigenvalue weighted by Gasteiger charge is 2.45. The minimum atomic E-state index is -4.96. The fraction of sp³-hybridized carbons (Fsp3) is 0.579. The van der Waals surface area contributed by atoms with Crippen LogP contribution in [0, 0.1) is 23.7 Å². The number of ether oxygens (including phenoxy) is 2. The van der Waals surface area contributed by atoms with Gasteiger partial charge in [-0.15, -0.1) is 0 Å². The quantitative estimate of drug-likeness (QED) is 0.157. The molecule has 4 N–H and O–H groups in total. The van der Waals surface area contributed by atoms with Gasteiger partial charge in [0, 0.05) is 24.2 Å². The van der Waals surface area contributed by atoms with E-state index in [2.05, 4.69) is 40.0 Å². The Balaban J connectivity index is 1.49. The number of nitrogens with one attached hydrogen (secondary N) is 4. The molecule has 0 spiro atoms. The SMILES string of the molecule is COC(=O)N[C@H](C(=O)N1C[C@@H](C)C[C@H]1c1nc(C(F)(F)F)c(-c2ccc(-c3[nH]c([C@@H]4C[C@H](C)CN4C(=O)[C@@H](NC(=O)OC)C(C)C)nc3C(F)(F)F)cc2)[nH]1)C(C)C. The molecule has 0 bridgehead atoms. The summed E-state index contributed by atoms with van der Waals surface area (Å²) in [6.07, 6.45) is -11.1. The molecule has 2 fully saturated rings. The smallest absolute Gasteiger partial charge is 0.435 e. The number of rotatable bonds is 10. The van der Waals surface area contributed by atoms with Crippen molar-refractivity contribution < 1.29 is 55.0 Å². The Kier molecular flexibility index (Phi) is 12.8. The zero-order valence-corrected chi connectivity index (χ0v) is 33.3. The molecule has 0 radical (unpaired) electrons. The van der Waals surface area contributed by atoms with Gasteiger partial charge in [-0.05, 0) is 36.5 Å². The highest BCUT2D eigenvalue weighted by Crippen LogP contribution is 2.43. The number of halogens is 6. The second kappa shape index (κ2) is 16.9. The van der Waals surface area contributed by atoms with E-state index < -0.39 is 83.3 Å². The molecule has 0 saturated carbocycles. The van der Waals surface area contributed by atoms with Crippen LogP contribution in [0.5, 0.6) is 0 Å². The van der Waals surface area contributed by atoms with Crippen LogP contribution in [-0.4, -0.2) is 93.1 Å². The second-order valence-electron chi connectivity index (χ2n) is 15.7. The van der Waals surface area contributed by atoms with Crippen LogP contribution in [0.1, 0.15) is 89.5 Å². The Morgan fingerprint density at radius 1 is 0.672 bits per heavy atom. The maximum absolute atomic E-state index is 14.5. The molecule has 3 aromatic rings. The van der Waals surface area contributed by atoms with E-state index in [1.165, 1.54) is 34.1 Å². The number of alkyl halides is 6. The number of nitrogens with zero attached hydrogens (tertiary/aromatic N) is 4. The lowest BCUT2D eigenvalue weighted by atomic mass is 10.0. The minimum absolute atomic E-state index is 0.0429. The number of hydrogen-bond donors (Lipinski definition) is 4. The fourth-order valence-electron chi connectivity index (χ4n) is 7.58. The van der Waals surface area contributed by atoms with Crippen LogP contribution in [-0.2, 0) is 31.4 Å². The number of H-pyrrole nitrogens is 2. The number of methoxy groups -OCH3 is 2. The lowest BCUT2D eigenvalue weighted by Gasteiger charge is -2.30. The Bertz CT molecular complexity index is 1840. The molecule has 2 aliphatic heterocycles. The van der Waals surface area contributed by atoms with Crippen molar-refractivity contribution in [2.24, 2.45) is 23.7 Å². The first kappa shape index (κ1) is 43.8. The third kappa shape index (κ3) is 9.20. The second-order valence-corrected chi connectivity index (χ2v) is 15.7. The van der Waals surface area contributed by atoms with Gasteiger partial charge in [-0.1, -0.05) is 65.8 Å². The number of alkyl carbamates (subject to hydrolysis) is 2. The van der Waals surface area contributed by atoms with Gasteiger partial charge < -0.3 is 39.9 Å². The monoisotopic (exact) mass is 826 g/mol. The van der Waals surface area contributed by atoms with Gasteiger partial charge >= 0.3 is 24.5 Å². The number of aromatic amines is 2. The largest absolute Gasteiger partial charge is 0.453 e. The standard InChI is InChI=1S/C38H48F6N8O6/c1-17(2)25(47-35(55)57-7)33(53)51-15-19(5)13-23(51)31-45-27(29(49-31)37(39,40)41)21-9-11-22(12-10-21)28-30(38(42,43)44)50-32(46-28)24-14-20(6)16-52(24)34(54)26(18(3)4)48-36(56)58-8/h9-12,17-20,23-26H,13-16H2,1-8H3,(H,45,49)(H,46,50)(H,47,55)(H,48,56)/t19-,20-,23-,24-,25-,26-/m0/s1. The zero-order valence-electron chi connectivity index (χ0n) is 33.3. The molecule has 2 saturated heterocycles. The normalized spacial score (nSPS) is 21.0. The molecule has 2 aromatic heterocycles.